The summed E-state index contributed by atoms with van der Waals surface area (Å²) in [5, 5.41) is 5.02. The number of nitrogens with zero attached hydrogens (tertiary/aromatic N) is 2. The number of benzene rings is 8. The number of para-hydroxylation sites is 4. The van der Waals surface area contributed by atoms with Crippen molar-refractivity contribution in [2.45, 2.75) is 0 Å². The lowest BCUT2D eigenvalue weighted by molar-refractivity contribution is 1.17. The zero-order valence-electron chi connectivity index (χ0n) is 27.4. The fourth-order valence-electron chi connectivity index (χ4n) is 7.85. The Hall–Kier alpha value is -6.64. The molecule has 2 aromatic heterocycles. The second-order valence-electron chi connectivity index (χ2n) is 13.0. The molecule has 2 heterocycles. The highest BCUT2D eigenvalue weighted by Gasteiger charge is 2.18. The predicted molar refractivity (Wildman–Crippen MR) is 211 cm³/mol. The van der Waals surface area contributed by atoms with Gasteiger partial charge < -0.3 is 9.13 Å². The van der Waals surface area contributed by atoms with E-state index in [2.05, 4.69) is 203 Å². The van der Waals surface area contributed by atoms with Crippen LogP contribution in [-0.4, -0.2) is 9.13 Å². The van der Waals surface area contributed by atoms with E-state index in [-0.39, 0.29) is 0 Å². The minimum atomic E-state index is 1.14. The van der Waals surface area contributed by atoms with Crippen LogP contribution in [0.1, 0.15) is 0 Å². The molecular formula is C48H32N2. The van der Waals surface area contributed by atoms with Crippen molar-refractivity contribution in [3.8, 4) is 44.8 Å². The van der Waals surface area contributed by atoms with Gasteiger partial charge in [0, 0.05) is 32.8 Å². The summed E-state index contributed by atoms with van der Waals surface area (Å²) in [7, 11) is 0. The Labute approximate surface area is 290 Å². The summed E-state index contributed by atoms with van der Waals surface area (Å²) >= 11 is 0. The molecule has 0 bridgehead atoms. The molecule has 0 saturated carbocycles. The Balaban J connectivity index is 1.24. The molecular weight excluding hydrogens is 605 g/mol. The van der Waals surface area contributed by atoms with Gasteiger partial charge in [-0.25, -0.2) is 0 Å². The first-order valence-electron chi connectivity index (χ1n) is 17.2. The Morgan fingerprint density at radius 2 is 0.720 bits per heavy atom. The normalized spacial score (nSPS) is 11.6. The van der Waals surface area contributed by atoms with Crippen LogP contribution in [0.3, 0.4) is 0 Å². The van der Waals surface area contributed by atoms with Crippen LogP contribution in [-0.2, 0) is 0 Å². The van der Waals surface area contributed by atoms with Gasteiger partial charge in [-0.2, -0.15) is 0 Å². The summed E-state index contributed by atoms with van der Waals surface area (Å²) in [6, 6.07) is 70.5. The molecule has 2 nitrogen and oxygen atoms in total. The first kappa shape index (κ1) is 28.4. The van der Waals surface area contributed by atoms with Gasteiger partial charge in [-0.15, -0.1) is 0 Å². The van der Waals surface area contributed by atoms with Crippen molar-refractivity contribution >= 4 is 43.6 Å². The van der Waals surface area contributed by atoms with Crippen LogP contribution in [0, 0.1) is 0 Å². The summed E-state index contributed by atoms with van der Waals surface area (Å²) in [6.07, 6.45) is 0. The molecule has 10 aromatic rings. The first-order chi connectivity index (χ1) is 24.8. The van der Waals surface area contributed by atoms with Gasteiger partial charge >= 0.3 is 0 Å². The minimum absolute atomic E-state index is 1.14. The van der Waals surface area contributed by atoms with E-state index in [0.717, 1.165) is 5.69 Å². The van der Waals surface area contributed by atoms with Crippen molar-refractivity contribution in [1.82, 2.24) is 9.13 Å². The number of hydrogen-bond acceptors (Lipinski definition) is 0. The van der Waals surface area contributed by atoms with Crippen molar-refractivity contribution in [3.63, 3.8) is 0 Å². The average molecular weight is 637 g/mol. The second-order valence-corrected chi connectivity index (χ2v) is 13.0. The molecule has 0 aliphatic carbocycles. The molecule has 0 unspecified atom stereocenters. The van der Waals surface area contributed by atoms with E-state index in [0.29, 0.717) is 0 Å². The quantitative estimate of drug-likeness (QED) is 0.178. The molecule has 0 amide bonds. The topological polar surface area (TPSA) is 9.86 Å². The Morgan fingerprint density at radius 3 is 1.30 bits per heavy atom. The third-order valence-electron chi connectivity index (χ3n) is 10.1. The third-order valence-corrected chi connectivity index (χ3v) is 10.1. The first-order valence-corrected chi connectivity index (χ1v) is 17.2. The van der Waals surface area contributed by atoms with Gasteiger partial charge in [-0.3, -0.25) is 0 Å². The van der Waals surface area contributed by atoms with Crippen LogP contribution in [0.15, 0.2) is 194 Å². The Bertz CT molecular complexity index is 2740. The molecule has 234 valence electrons. The van der Waals surface area contributed by atoms with Crippen molar-refractivity contribution in [2.75, 3.05) is 0 Å². The van der Waals surface area contributed by atoms with E-state index >= 15 is 0 Å². The minimum Gasteiger partial charge on any atom is -0.309 e. The van der Waals surface area contributed by atoms with Crippen molar-refractivity contribution < 1.29 is 0 Å². The second kappa shape index (κ2) is 11.5. The van der Waals surface area contributed by atoms with E-state index in [1.165, 1.54) is 82.7 Å². The Kier molecular flexibility index (Phi) is 6.53. The molecule has 0 aliphatic heterocycles. The maximum atomic E-state index is 2.45. The third kappa shape index (κ3) is 4.50. The molecule has 0 atom stereocenters. The maximum absolute atomic E-state index is 2.45. The maximum Gasteiger partial charge on any atom is 0.0547 e. The molecule has 0 fully saturated rings. The van der Waals surface area contributed by atoms with Crippen molar-refractivity contribution in [2.24, 2.45) is 0 Å². The van der Waals surface area contributed by atoms with Crippen LogP contribution in [0.2, 0.25) is 0 Å². The van der Waals surface area contributed by atoms with Crippen LogP contribution in [0.4, 0.5) is 0 Å². The van der Waals surface area contributed by atoms with E-state index < -0.39 is 0 Å². The van der Waals surface area contributed by atoms with Crippen molar-refractivity contribution in [3.05, 3.63) is 194 Å². The highest BCUT2D eigenvalue weighted by Crippen LogP contribution is 2.40. The fourth-order valence-corrected chi connectivity index (χ4v) is 7.85. The number of fused-ring (bicyclic) bond motifs is 6. The monoisotopic (exact) mass is 636 g/mol. The number of hydrogen-bond donors (Lipinski definition) is 0. The molecule has 0 spiro atoms. The lowest BCUT2D eigenvalue weighted by Crippen LogP contribution is -1.98. The molecule has 2 heteroatoms. The van der Waals surface area contributed by atoms with Gasteiger partial charge in [-0.1, -0.05) is 146 Å². The van der Waals surface area contributed by atoms with Gasteiger partial charge in [0.1, 0.15) is 0 Å². The van der Waals surface area contributed by atoms with E-state index in [1.807, 2.05) is 0 Å². The standard InChI is InChI=1S/C48H32N2/c1-3-15-33(16-4-1)36-29-37(34-17-5-2-6-18-34)31-38(30-36)49-45-24-12-8-22-42(45)43-28-27-35(32-48(43)49)39-19-7-11-23-44(39)50-46-25-13-9-20-40(46)41-21-10-14-26-47(41)50/h1-32H. The van der Waals surface area contributed by atoms with E-state index in [9.17, 15) is 0 Å². The van der Waals surface area contributed by atoms with Gasteiger partial charge in [0.05, 0.1) is 27.8 Å². The van der Waals surface area contributed by atoms with Crippen LogP contribution < -0.4 is 0 Å². The largest absolute Gasteiger partial charge is 0.309 e. The summed E-state index contributed by atoms with van der Waals surface area (Å²) in [5.41, 5.74) is 14.3. The van der Waals surface area contributed by atoms with Crippen LogP contribution in [0.5, 0.6) is 0 Å². The van der Waals surface area contributed by atoms with E-state index in [1.54, 1.807) is 0 Å². The van der Waals surface area contributed by atoms with Crippen molar-refractivity contribution in [1.29, 1.82) is 0 Å². The average Bonchev–Trinajstić information content (AvgIpc) is 3.71. The zero-order chi connectivity index (χ0) is 33.0. The SMILES string of the molecule is c1ccc(-c2cc(-c3ccccc3)cc(-n3c4ccccc4c4ccc(-c5ccccc5-n5c6ccccc6c6ccccc65)cc43)c2)cc1. The van der Waals surface area contributed by atoms with Gasteiger partial charge in [0.2, 0.25) is 0 Å². The number of rotatable bonds is 5. The molecule has 0 radical (unpaired) electrons. The van der Waals surface area contributed by atoms with E-state index in [4.69, 9.17) is 0 Å². The predicted octanol–water partition coefficient (Wildman–Crippen LogP) is 12.9. The van der Waals surface area contributed by atoms with Crippen LogP contribution >= 0.6 is 0 Å². The lowest BCUT2D eigenvalue weighted by Gasteiger charge is -2.16. The molecule has 0 aliphatic rings. The highest BCUT2D eigenvalue weighted by molar-refractivity contribution is 6.12. The fraction of sp³-hybridized carbons (Fsp3) is 0. The lowest BCUT2D eigenvalue weighted by atomic mass is 9.98. The van der Waals surface area contributed by atoms with Gasteiger partial charge in [0.25, 0.3) is 0 Å². The summed E-state index contributed by atoms with van der Waals surface area (Å²) in [6.45, 7) is 0. The van der Waals surface area contributed by atoms with Gasteiger partial charge in [-0.05, 0) is 76.3 Å². The number of aromatic nitrogens is 2. The van der Waals surface area contributed by atoms with Gasteiger partial charge in [0.15, 0.2) is 0 Å². The summed E-state index contributed by atoms with van der Waals surface area (Å²) in [4.78, 5) is 0. The summed E-state index contributed by atoms with van der Waals surface area (Å²) < 4.78 is 4.88. The molecule has 50 heavy (non-hydrogen) atoms. The summed E-state index contributed by atoms with van der Waals surface area (Å²) in [5.74, 6) is 0. The molecule has 0 N–H and O–H groups in total. The zero-order valence-corrected chi connectivity index (χ0v) is 27.4. The molecule has 10 rings (SSSR count). The molecule has 0 saturated heterocycles. The highest BCUT2D eigenvalue weighted by atomic mass is 15.0. The smallest absolute Gasteiger partial charge is 0.0547 e. The Morgan fingerprint density at radius 1 is 0.260 bits per heavy atom. The molecule has 8 aromatic carbocycles. The van der Waals surface area contributed by atoms with Crippen LogP contribution in [0.25, 0.3) is 88.4 Å².